The first-order valence-corrected chi connectivity index (χ1v) is 16.0. The Balaban J connectivity index is 1.17. The van der Waals surface area contributed by atoms with Crippen LogP contribution in [0.3, 0.4) is 0 Å². The Hall–Kier alpha value is -4.05. The quantitative estimate of drug-likeness (QED) is 0.188. The molecule has 6 nitrogen and oxygen atoms in total. The van der Waals surface area contributed by atoms with Crippen molar-refractivity contribution < 1.29 is 19.4 Å². The molecule has 2 N–H and O–H groups in total. The Morgan fingerprint density at radius 3 is 2.31 bits per heavy atom. The molecule has 9 heteroatoms. The van der Waals surface area contributed by atoms with Crippen molar-refractivity contribution in [1.29, 1.82) is 0 Å². The van der Waals surface area contributed by atoms with Crippen molar-refractivity contribution in [2.45, 2.75) is 38.2 Å². The fourth-order valence-electron chi connectivity index (χ4n) is 5.50. The monoisotopic (exact) mass is 610 g/mol. The topological polar surface area (TPSA) is 88.5 Å². The van der Waals surface area contributed by atoms with Crippen molar-refractivity contribution >= 4 is 72.1 Å². The van der Waals surface area contributed by atoms with Gasteiger partial charge in [0.2, 0.25) is 0 Å². The van der Waals surface area contributed by atoms with Crippen LogP contribution in [0.2, 0.25) is 0 Å². The molecule has 7 rings (SSSR count). The molecular formula is C33H26N2O4S3. The summed E-state index contributed by atoms with van der Waals surface area (Å²) in [7, 11) is 0. The lowest BCUT2D eigenvalue weighted by Gasteiger charge is -2.15. The third kappa shape index (κ3) is 4.58. The molecular weight excluding hydrogens is 585 g/mol. The van der Waals surface area contributed by atoms with Gasteiger partial charge in [0.25, 0.3) is 0 Å². The Bertz CT molecular complexity index is 1950. The van der Waals surface area contributed by atoms with Crippen LogP contribution in [0.15, 0.2) is 78.9 Å². The molecule has 1 aliphatic rings. The molecule has 1 aliphatic carbocycles. The molecule has 0 bridgehead atoms. The number of hydrogen-bond donors (Lipinski definition) is 2. The molecule has 1 amide bonds. The molecule has 210 valence electrons. The molecule has 0 spiro atoms. The lowest BCUT2D eigenvalue weighted by molar-refractivity contribution is -0.140. The number of aliphatic carboxylic acids is 1. The van der Waals surface area contributed by atoms with E-state index in [0.717, 1.165) is 57.2 Å². The molecule has 1 fully saturated rings. The second-order valence-corrected chi connectivity index (χ2v) is 13.5. The highest BCUT2D eigenvalue weighted by molar-refractivity contribution is 7.32. The van der Waals surface area contributed by atoms with Gasteiger partial charge in [0.05, 0.1) is 26.6 Å². The highest BCUT2D eigenvalue weighted by Gasteiger charge is 2.52. The van der Waals surface area contributed by atoms with Crippen LogP contribution < -0.4 is 5.32 Å². The number of nitrogens with zero attached hydrogens (tertiary/aromatic N) is 1. The number of carbonyl (C=O) groups is 2. The minimum absolute atomic E-state index is 0.379. The zero-order valence-electron chi connectivity index (χ0n) is 22.8. The number of fused-ring (bicyclic) bond motifs is 2. The lowest BCUT2D eigenvalue weighted by atomic mass is 9.88. The smallest absolute Gasteiger partial charge is 0.412 e. The maximum absolute atomic E-state index is 12.8. The average Bonchev–Trinajstić information content (AvgIpc) is 3.40. The van der Waals surface area contributed by atoms with Crippen LogP contribution in [0, 0.1) is 6.92 Å². The van der Waals surface area contributed by atoms with Crippen LogP contribution in [-0.2, 0) is 14.9 Å². The van der Waals surface area contributed by atoms with Gasteiger partial charge in [-0.1, -0.05) is 66.7 Å². The van der Waals surface area contributed by atoms with Crippen LogP contribution in [0.4, 0.5) is 10.5 Å². The van der Waals surface area contributed by atoms with E-state index in [4.69, 9.17) is 4.74 Å². The zero-order chi connectivity index (χ0) is 29.0. The van der Waals surface area contributed by atoms with E-state index in [1.807, 2.05) is 68.4 Å². The summed E-state index contributed by atoms with van der Waals surface area (Å²) in [4.78, 5) is 28.0. The Morgan fingerprint density at radius 1 is 0.929 bits per heavy atom. The van der Waals surface area contributed by atoms with Gasteiger partial charge in [-0.3, -0.25) is 10.1 Å². The third-order valence-electron chi connectivity index (χ3n) is 7.94. The molecule has 3 aromatic heterocycles. The van der Waals surface area contributed by atoms with E-state index in [0.29, 0.717) is 18.5 Å². The number of carboxylic acid groups (broad SMARTS) is 1. The first-order chi connectivity index (χ1) is 20.3. The molecule has 6 aromatic rings. The number of ether oxygens (including phenoxy) is 1. The maximum atomic E-state index is 12.8. The highest BCUT2D eigenvalue weighted by Crippen LogP contribution is 2.52. The van der Waals surface area contributed by atoms with E-state index in [-0.39, 0.29) is 6.10 Å². The first kappa shape index (κ1) is 26.8. The van der Waals surface area contributed by atoms with Crippen molar-refractivity contribution in [3.63, 3.8) is 0 Å². The molecule has 0 radical (unpaired) electrons. The van der Waals surface area contributed by atoms with E-state index in [1.54, 1.807) is 22.7 Å². The van der Waals surface area contributed by atoms with Gasteiger partial charge in [0, 0.05) is 14.3 Å². The van der Waals surface area contributed by atoms with E-state index in [9.17, 15) is 14.7 Å². The van der Waals surface area contributed by atoms with E-state index < -0.39 is 17.5 Å². The number of carboxylic acids is 1. The zero-order valence-corrected chi connectivity index (χ0v) is 25.3. The van der Waals surface area contributed by atoms with Crippen molar-refractivity contribution in [3.05, 3.63) is 95.7 Å². The van der Waals surface area contributed by atoms with Crippen molar-refractivity contribution in [2.75, 3.05) is 5.32 Å². The van der Waals surface area contributed by atoms with Crippen LogP contribution in [0.25, 0.3) is 40.4 Å². The van der Waals surface area contributed by atoms with E-state index >= 15 is 0 Å². The predicted octanol–water partition coefficient (Wildman–Crippen LogP) is 9.64. The average molecular weight is 611 g/mol. The summed E-state index contributed by atoms with van der Waals surface area (Å²) in [5.41, 5.74) is 3.61. The summed E-state index contributed by atoms with van der Waals surface area (Å²) >= 11 is 4.75. The molecule has 0 unspecified atom stereocenters. The fraction of sp³-hybridized carbons (Fsp3) is 0.182. The summed E-state index contributed by atoms with van der Waals surface area (Å²) < 4.78 is 12.5. The SMILES string of the molecule is Cc1nsc(-c2cc3sc(-c4ccc(C5(C(=O)O)CC5)c5ccccc45)cc3s2)c1NC(=O)O[C@H](C)c1ccccc1. The highest BCUT2D eigenvalue weighted by atomic mass is 32.1. The fourth-order valence-corrected chi connectivity index (χ4v) is 8.88. The maximum Gasteiger partial charge on any atom is 0.412 e. The number of hydrogen-bond acceptors (Lipinski definition) is 7. The molecule has 1 saturated carbocycles. The summed E-state index contributed by atoms with van der Waals surface area (Å²) in [5, 5.41) is 14.9. The van der Waals surface area contributed by atoms with E-state index in [1.165, 1.54) is 11.5 Å². The molecule has 3 heterocycles. The summed E-state index contributed by atoms with van der Waals surface area (Å²) in [6.07, 6.45) is 0.473. The second-order valence-electron chi connectivity index (χ2n) is 10.6. The van der Waals surface area contributed by atoms with Gasteiger partial charge < -0.3 is 9.84 Å². The lowest BCUT2D eigenvalue weighted by Crippen LogP contribution is -2.19. The first-order valence-electron chi connectivity index (χ1n) is 13.6. The van der Waals surface area contributed by atoms with Crippen molar-refractivity contribution in [1.82, 2.24) is 4.37 Å². The number of aryl methyl sites for hydroxylation is 1. The van der Waals surface area contributed by atoms with Crippen LogP contribution in [0.1, 0.15) is 42.7 Å². The van der Waals surface area contributed by atoms with Gasteiger partial charge in [-0.15, -0.1) is 22.7 Å². The molecule has 0 aliphatic heterocycles. The summed E-state index contributed by atoms with van der Waals surface area (Å²) in [6.45, 7) is 3.74. The second kappa shape index (κ2) is 10.3. The van der Waals surface area contributed by atoms with Gasteiger partial charge in [-0.2, -0.15) is 4.37 Å². The van der Waals surface area contributed by atoms with Gasteiger partial charge in [-0.05, 0) is 77.8 Å². The number of amides is 1. The van der Waals surface area contributed by atoms with Gasteiger partial charge in [0.1, 0.15) is 6.10 Å². The molecule has 42 heavy (non-hydrogen) atoms. The Labute approximate surface area is 254 Å². The van der Waals surface area contributed by atoms with Crippen molar-refractivity contribution in [2.24, 2.45) is 0 Å². The van der Waals surface area contributed by atoms with Crippen molar-refractivity contribution in [3.8, 4) is 20.2 Å². The molecule has 0 saturated heterocycles. The van der Waals surface area contributed by atoms with Crippen LogP contribution >= 0.6 is 34.2 Å². The van der Waals surface area contributed by atoms with E-state index in [2.05, 4.69) is 34.0 Å². The van der Waals surface area contributed by atoms with Gasteiger partial charge in [-0.25, -0.2) is 4.79 Å². The number of benzene rings is 3. The third-order valence-corrected chi connectivity index (χ3v) is 11.4. The number of nitrogens with one attached hydrogen (secondary N) is 1. The standard InChI is InChI=1S/C33H26N2O4S3/c1-18-29(34-32(38)39-19(2)20-8-4-3-5-9-20)30(42-35-18)28-17-27-26(41-28)16-25(40-27)23-12-13-24(33(14-15-33)31(36)37)22-11-7-6-10-21(22)23/h3-13,16-17,19H,14-15H2,1-2H3,(H,34,38)(H,36,37)/t19-/m1/s1. The van der Waals surface area contributed by atoms with Crippen LogP contribution in [-0.4, -0.2) is 21.5 Å². The molecule has 3 aromatic carbocycles. The van der Waals surface area contributed by atoms with Gasteiger partial charge in [0.15, 0.2) is 0 Å². The number of thiophene rings is 2. The number of carbonyl (C=O) groups excluding carboxylic acids is 1. The summed E-state index contributed by atoms with van der Waals surface area (Å²) in [6, 6.07) is 26.2. The Kier molecular flexibility index (Phi) is 6.61. The van der Waals surface area contributed by atoms with Crippen LogP contribution in [0.5, 0.6) is 0 Å². The normalized spacial score (nSPS) is 14.6. The molecule has 1 atom stereocenters. The number of rotatable bonds is 7. The minimum atomic E-state index is -0.756. The largest absolute Gasteiger partial charge is 0.481 e. The Morgan fingerprint density at radius 2 is 1.60 bits per heavy atom. The number of anilines is 1. The minimum Gasteiger partial charge on any atom is -0.481 e. The summed E-state index contributed by atoms with van der Waals surface area (Å²) in [5.74, 6) is -0.740. The van der Waals surface area contributed by atoms with Gasteiger partial charge >= 0.3 is 12.1 Å². The predicted molar refractivity (Wildman–Crippen MR) is 172 cm³/mol. The number of aromatic nitrogens is 1.